The van der Waals surface area contributed by atoms with Crippen LogP contribution in [0.4, 0.5) is 5.69 Å². The molecule has 4 rings (SSSR count). The quantitative estimate of drug-likeness (QED) is 0.410. The summed E-state index contributed by atoms with van der Waals surface area (Å²) >= 11 is 0. The van der Waals surface area contributed by atoms with E-state index in [0.29, 0.717) is 0 Å². The average Bonchev–Trinajstić information content (AvgIpc) is 3.02. The van der Waals surface area contributed by atoms with Gasteiger partial charge >= 0.3 is 0 Å². The van der Waals surface area contributed by atoms with Crippen LogP contribution in [-0.4, -0.2) is 14.7 Å². The minimum Gasteiger partial charge on any atom is -0.258 e. The van der Waals surface area contributed by atoms with Crippen molar-refractivity contribution in [1.29, 1.82) is 0 Å². The highest BCUT2D eigenvalue weighted by atomic mass is 16.6. The predicted octanol–water partition coefficient (Wildman–Crippen LogP) is 4.60. The Hall–Kier alpha value is -3.47. The molecule has 116 valence electrons. The van der Waals surface area contributed by atoms with E-state index in [2.05, 4.69) is 5.10 Å². The van der Waals surface area contributed by atoms with Gasteiger partial charge in [-0.05, 0) is 18.2 Å². The maximum absolute atomic E-state index is 10.9. The number of rotatable bonds is 3. The van der Waals surface area contributed by atoms with Gasteiger partial charge in [0.1, 0.15) is 0 Å². The molecule has 24 heavy (non-hydrogen) atoms. The molecular weight excluding hydrogens is 302 g/mol. The molecule has 5 heteroatoms. The van der Waals surface area contributed by atoms with Crippen LogP contribution in [0.1, 0.15) is 0 Å². The van der Waals surface area contributed by atoms with Crippen LogP contribution < -0.4 is 0 Å². The Morgan fingerprint density at radius 2 is 1.50 bits per heavy atom. The van der Waals surface area contributed by atoms with Crippen LogP contribution in [0.3, 0.4) is 0 Å². The summed E-state index contributed by atoms with van der Waals surface area (Å²) in [6.45, 7) is 0. The van der Waals surface area contributed by atoms with Gasteiger partial charge in [0.25, 0.3) is 5.69 Å². The molecule has 4 aromatic rings. The van der Waals surface area contributed by atoms with Gasteiger partial charge in [-0.1, -0.05) is 48.5 Å². The molecule has 5 nitrogen and oxygen atoms in total. The lowest BCUT2D eigenvalue weighted by Gasteiger charge is -2.08. The van der Waals surface area contributed by atoms with E-state index in [1.165, 1.54) is 12.1 Å². The van der Waals surface area contributed by atoms with Crippen LogP contribution in [0.15, 0.2) is 78.9 Å². The molecule has 0 aliphatic heterocycles. The number of hydrogen-bond acceptors (Lipinski definition) is 3. The van der Waals surface area contributed by atoms with Gasteiger partial charge in [-0.25, -0.2) is 4.68 Å². The van der Waals surface area contributed by atoms with Gasteiger partial charge in [0.15, 0.2) is 0 Å². The minimum absolute atomic E-state index is 0.0664. The summed E-state index contributed by atoms with van der Waals surface area (Å²) in [7, 11) is 0. The van der Waals surface area contributed by atoms with Gasteiger partial charge in [-0.2, -0.15) is 5.10 Å². The topological polar surface area (TPSA) is 61.0 Å². The van der Waals surface area contributed by atoms with E-state index in [0.717, 1.165) is 27.8 Å². The normalized spacial score (nSPS) is 10.8. The number of aromatic nitrogens is 2. The first-order chi connectivity index (χ1) is 11.7. The predicted molar refractivity (Wildman–Crippen MR) is 93.2 cm³/mol. The van der Waals surface area contributed by atoms with Crippen molar-refractivity contribution >= 4 is 16.6 Å². The van der Waals surface area contributed by atoms with Crippen molar-refractivity contribution in [2.75, 3.05) is 0 Å². The first-order valence-corrected chi connectivity index (χ1v) is 7.52. The van der Waals surface area contributed by atoms with Crippen LogP contribution in [0.2, 0.25) is 0 Å². The smallest absolute Gasteiger partial charge is 0.258 e. The Bertz CT molecular complexity index is 1020. The summed E-state index contributed by atoms with van der Waals surface area (Å²) in [5, 5.41) is 16.6. The third kappa shape index (κ3) is 2.32. The lowest BCUT2D eigenvalue weighted by atomic mass is 10.1. The molecule has 0 atom stereocenters. The molecule has 0 saturated heterocycles. The molecule has 0 spiro atoms. The van der Waals surface area contributed by atoms with Crippen LogP contribution in [0.25, 0.3) is 27.8 Å². The second kappa shape index (κ2) is 5.62. The Balaban J connectivity index is 1.96. The van der Waals surface area contributed by atoms with Gasteiger partial charge < -0.3 is 0 Å². The van der Waals surface area contributed by atoms with Gasteiger partial charge in [0.05, 0.1) is 21.8 Å². The SMILES string of the molecule is O=[N+]([O-])c1ccc(-n2nc3ccccc3c2-c2ccccc2)cc1. The van der Waals surface area contributed by atoms with Crippen LogP contribution in [-0.2, 0) is 0 Å². The van der Waals surface area contributed by atoms with Crippen molar-refractivity contribution in [1.82, 2.24) is 9.78 Å². The molecule has 3 aromatic carbocycles. The maximum Gasteiger partial charge on any atom is 0.269 e. The third-order valence-electron chi connectivity index (χ3n) is 3.93. The fourth-order valence-electron chi connectivity index (χ4n) is 2.81. The van der Waals surface area contributed by atoms with Gasteiger partial charge in [0.2, 0.25) is 0 Å². The number of non-ortho nitro benzene ring substituents is 1. The number of fused-ring (bicyclic) bond motifs is 1. The fraction of sp³-hybridized carbons (Fsp3) is 0. The number of benzene rings is 3. The molecule has 0 bridgehead atoms. The van der Waals surface area contributed by atoms with E-state index >= 15 is 0 Å². The average molecular weight is 315 g/mol. The van der Waals surface area contributed by atoms with E-state index in [1.54, 1.807) is 12.1 Å². The highest BCUT2D eigenvalue weighted by Crippen LogP contribution is 2.31. The van der Waals surface area contributed by atoms with E-state index in [-0.39, 0.29) is 5.69 Å². The van der Waals surface area contributed by atoms with Crippen molar-refractivity contribution in [2.45, 2.75) is 0 Å². The van der Waals surface area contributed by atoms with Gasteiger partial charge in [0, 0.05) is 23.1 Å². The van der Waals surface area contributed by atoms with Gasteiger partial charge in [-0.3, -0.25) is 10.1 Å². The van der Waals surface area contributed by atoms with Crippen molar-refractivity contribution in [3.8, 4) is 16.9 Å². The molecule has 1 heterocycles. The molecule has 0 aliphatic rings. The fourth-order valence-corrected chi connectivity index (χ4v) is 2.81. The Morgan fingerprint density at radius 3 is 2.21 bits per heavy atom. The van der Waals surface area contributed by atoms with E-state index < -0.39 is 4.92 Å². The summed E-state index contributed by atoms with van der Waals surface area (Å²) in [6.07, 6.45) is 0. The third-order valence-corrected chi connectivity index (χ3v) is 3.93. The zero-order valence-electron chi connectivity index (χ0n) is 12.7. The molecule has 0 fully saturated rings. The Kier molecular flexibility index (Phi) is 3.31. The first kappa shape index (κ1) is 14.1. The zero-order chi connectivity index (χ0) is 16.5. The lowest BCUT2D eigenvalue weighted by molar-refractivity contribution is -0.384. The van der Waals surface area contributed by atoms with E-state index in [1.807, 2.05) is 59.3 Å². The Morgan fingerprint density at radius 1 is 0.833 bits per heavy atom. The highest BCUT2D eigenvalue weighted by molar-refractivity contribution is 5.94. The van der Waals surface area contributed by atoms with E-state index in [4.69, 9.17) is 0 Å². The first-order valence-electron chi connectivity index (χ1n) is 7.52. The monoisotopic (exact) mass is 315 g/mol. The molecule has 0 N–H and O–H groups in total. The second-order valence-corrected chi connectivity index (χ2v) is 5.42. The highest BCUT2D eigenvalue weighted by Gasteiger charge is 2.15. The zero-order valence-corrected chi connectivity index (χ0v) is 12.7. The molecule has 0 unspecified atom stereocenters. The van der Waals surface area contributed by atoms with E-state index in [9.17, 15) is 10.1 Å². The van der Waals surface area contributed by atoms with Crippen molar-refractivity contribution in [3.05, 3.63) is 89.0 Å². The Labute approximate surface area is 137 Å². The van der Waals surface area contributed by atoms with Crippen LogP contribution in [0, 0.1) is 10.1 Å². The second-order valence-electron chi connectivity index (χ2n) is 5.42. The summed E-state index contributed by atoms with van der Waals surface area (Å²) in [5.74, 6) is 0. The molecule has 1 aromatic heterocycles. The largest absolute Gasteiger partial charge is 0.269 e. The summed E-state index contributed by atoms with van der Waals surface area (Å²) in [4.78, 5) is 10.5. The number of nitrogens with zero attached hydrogens (tertiary/aromatic N) is 3. The molecule has 0 saturated carbocycles. The summed E-state index contributed by atoms with van der Waals surface area (Å²) in [5.41, 5.74) is 3.76. The molecule has 0 aliphatic carbocycles. The lowest BCUT2D eigenvalue weighted by Crippen LogP contribution is -1.99. The minimum atomic E-state index is -0.401. The number of nitro groups is 1. The van der Waals surface area contributed by atoms with Crippen LogP contribution >= 0.6 is 0 Å². The van der Waals surface area contributed by atoms with Crippen LogP contribution in [0.5, 0.6) is 0 Å². The van der Waals surface area contributed by atoms with Crippen molar-refractivity contribution < 1.29 is 4.92 Å². The maximum atomic E-state index is 10.9. The molecule has 0 amide bonds. The number of hydrogen-bond donors (Lipinski definition) is 0. The standard InChI is InChI=1S/C19H13N3O2/c23-22(24)16-12-10-15(11-13-16)21-19(14-6-2-1-3-7-14)17-8-4-5-9-18(17)20-21/h1-13H. The van der Waals surface area contributed by atoms with Crippen molar-refractivity contribution in [3.63, 3.8) is 0 Å². The summed E-state index contributed by atoms with van der Waals surface area (Å²) in [6, 6.07) is 24.4. The van der Waals surface area contributed by atoms with Crippen molar-refractivity contribution in [2.24, 2.45) is 0 Å². The van der Waals surface area contributed by atoms with Gasteiger partial charge in [-0.15, -0.1) is 0 Å². The summed E-state index contributed by atoms with van der Waals surface area (Å²) < 4.78 is 1.84. The molecule has 0 radical (unpaired) electrons. The number of nitro benzene ring substituents is 1. The molecular formula is C19H13N3O2.